The van der Waals surface area contributed by atoms with Gasteiger partial charge in [-0.2, -0.15) is 0 Å². The number of hydrogen-bond acceptors (Lipinski definition) is 2. The molecule has 2 amide bonds. The third-order valence-electron chi connectivity index (χ3n) is 4.30. The van der Waals surface area contributed by atoms with Gasteiger partial charge in [-0.25, -0.2) is 9.18 Å². The van der Waals surface area contributed by atoms with Crippen LogP contribution in [0.15, 0.2) is 18.2 Å². The molecule has 2 heterocycles. The van der Waals surface area contributed by atoms with Gasteiger partial charge in [0.2, 0.25) is 0 Å². The monoisotopic (exact) mass is 311 g/mol. The maximum atomic E-state index is 13.1. The van der Waals surface area contributed by atoms with Crippen molar-refractivity contribution in [2.75, 3.05) is 31.5 Å². The number of anilines is 1. The molecule has 0 saturated carbocycles. The van der Waals surface area contributed by atoms with Crippen molar-refractivity contribution in [2.24, 2.45) is 0 Å². The Balaban J connectivity index is 1.61. The summed E-state index contributed by atoms with van der Waals surface area (Å²) >= 11 is 5.73. The summed E-state index contributed by atoms with van der Waals surface area (Å²) in [5.41, 5.74) is 0.525. The fourth-order valence-electron chi connectivity index (χ4n) is 3.12. The summed E-state index contributed by atoms with van der Waals surface area (Å²) in [5.74, 6) is -0.481. The molecule has 0 aliphatic carbocycles. The molecule has 1 N–H and O–H groups in total. The maximum absolute atomic E-state index is 13.1. The van der Waals surface area contributed by atoms with Gasteiger partial charge in [-0.3, -0.25) is 4.90 Å². The van der Waals surface area contributed by atoms with E-state index < -0.39 is 5.82 Å². The second-order valence-electron chi connectivity index (χ2n) is 5.69. The van der Waals surface area contributed by atoms with E-state index in [4.69, 9.17) is 11.6 Å². The van der Waals surface area contributed by atoms with Crippen LogP contribution >= 0.6 is 11.6 Å². The Morgan fingerprint density at radius 3 is 2.95 bits per heavy atom. The SMILES string of the molecule is O=C(Nc1ccc(F)c(Cl)c1)N1CCN2CCCCC2C1. The number of piperidine rings is 1. The molecule has 1 aromatic carbocycles. The van der Waals surface area contributed by atoms with Crippen molar-refractivity contribution in [2.45, 2.75) is 25.3 Å². The number of urea groups is 1. The van der Waals surface area contributed by atoms with Crippen LogP contribution in [0.5, 0.6) is 0 Å². The third kappa shape index (κ3) is 3.30. The highest BCUT2D eigenvalue weighted by Crippen LogP contribution is 2.23. The molecule has 1 unspecified atom stereocenters. The number of benzene rings is 1. The Morgan fingerprint density at radius 2 is 2.14 bits per heavy atom. The van der Waals surface area contributed by atoms with Crippen molar-refractivity contribution in [3.05, 3.63) is 29.0 Å². The minimum atomic E-state index is -0.481. The van der Waals surface area contributed by atoms with E-state index in [0.29, 0.717) is 11.7 Å². The molecule has 1 aromatic rings. The molecular weight excluding hydrogens is 293 g/mol. The fourth-order valence-corrected chi connectivity index (χ4v) is 3.30. The minimum absolute atomic E-state index is 0.0184. The first-order chi connectivity index (χ1) is 10.1. The average Bonchev–Trinajstić information content (AvgIpc) is 2.50. The predicted molar refractivity (Wildman–Crippen MR) is 81.2 cm³/mol. The third-order valence-corrected chi connectivity index (χ3v) is 4.59. The Hall–Kier alpha value is -1.33. The Kier molecular flexibility index (Phi) is 4.31. The molecule has 2 saturated heterocycles. The molecule has 4 nitrogen and oxygen atoms in total. The normalized spacial score (nSPS) is 22.8. The molecule has 2 fully saturated rings. The van der Waals surface area contributed by atoms with Crippen LogP contribution in [0.2, 0.25) is 5.02 Å². The first-order valence-corrected chi connectivity index (χ1v) is 7.76. The number of rotatable bonds is 1. The number of halogens is 2. The number of carbonyl (C=O) groups excluding carboxylic acids is 1. The lowest BCUT2D eigenvalue weighted by molar-refractivity contribution is 0.0678. The second kappa shape index (κ2) is 6.20. The summed E-state index contributed by atoms with van der Waals surface area (Å²) in [6, 6.07) is 4.57. The van der Waals surface area contributed by atoms with Crippen LogP contribution in [0.3, 0.4) is 0 Å². The average molecular weight is 312 g/mol. The molecule has 21 heavy (non-hydrogen) atoms. The molecule has 0 radical (unpaired) electrons. The number of amides is 2. The lowest BCUT2D eigenvalue weighted by Gasteiger charge is -2.43. The topological polar surface area (TPSA) is 35.6 Å². The highest BCUT2D eigenvalue weighted by atomic mass is 35.5. The summed E-state index contributed by atoms with van der Waals surface area (Å²) in [7, 11) is 0. The summed E-state index contributed by atoms with van der Waals surface area (Å²) in [6.07, 6.45) is 3.66. The smallest absolute Gasteiger partial charge is 0.321 e. The van der Waals surface area contributed by atoms with Gasteiger partial charge in [-0.05, 0) is 37.6 Å². The zero-order chi connectivity index (χ0) is 14.8. The van der Waals surface area contributed by atoms with Crippen LogP contribution in [-0.2, 0) is 0 Å². The van der Waals surface area contributed by atoms with E-state index in [1.807, 2.05) is 4.90 Å². The van der Waals surface area contributed by atoms with Gasteiger partial charge >= 0.3 is 6.03 Å². The zero-order valence-electron chi connectivity index (χ0n) is 11.8. The zero-order valence-corrected chi connectivity index (χ0v) is 12.6. The number of nitrogens with zero attached hydrogens (tertiary/aromatic N) is 2. The van der Waals surface area contributed by atoms with Crippen molar-refractivity contribution >= 4 is 23.3 Å². The Bertz CT molecular complexity index is 540. The summed E-state index contributed by atoms with van der Waals surface area (Å²) in [6.45, 7) is 3.58. The highest BCUT2D eigenvalue weighted by Gasteiger charge is 2.30. The van der Waals surface area contributed by atoms with Crippen LogP contribution in [0.4, 0.5) is 14.9 Å². The minimum Gasteiger partial charge on any atom is -0.322 e. The summed E-state index contributed by atoms with van der Waals surface area (Å²) in [5, 5.41) is 2.81. The first-order valence-electron chi connectivity index (χ1n) is 7.38. The lowest BCUT2D eigenvalue weighted by Crippen LogP contribution is -2.56. The standard InChI is InChI=1S/C15H19ClFN3O/c16-13-9-11(4-5-14(13)17)18-15(21)20-8-7-19-6-2-1-3-12(19)10-20/h4-5,9,12H,1-3,6-8,10H2,(H,18,21). The van der Waals surface area contributed by atoms with Gasteiger partial charge in [0.15, 0.2) is 0 Å². The molecule has 114 valence electrons. The quantitative estimate of drug-likeness (QED) is 0.864. The molecule has 3 rings (SSSR count). The van der Waals surface area contributed by atoms with Crippen molar-refractivity contribution in [1.29, 1.82) is 0 Å². The predicted octanol–water partition coefficient (Wildman–Crippen LogP) is 3.18. The number of piperazine rings is 1. The lowest BCUT2D eigenvalue weighted by atomic mass is 10.00. The van der Waals surface area contributed by atoms with Gasteiger partial charge in [0, 0.05) is 31.4 Å². The van der Waals surface area contributed by atoms with Gasteiger partial charge < -0.3 is 10.2 Å². The van der Waals surface area contributed by atoms with Crippen molar-refractivity contribution < 1.29 is 9.18 Å². The Morgan fingerprint density at radius 1 is 1.29 bits per heavy atom. The maximum Gasteiger partial charge on any atom is 0.321 e. The van der Waals surface area contributed by atoms with E-state index in [1.54, 1.807) is 0 Å². The molecule has 0 spiro atoms. The molecule has 2 aliphatic heterocycles. The van der Waals surface area contributed by atoms with Gasteiger partial charge in [0.25, 0.3) is 0 Å². The first kappa shape index (κ1) is 14.6. The van der Waals surface area contributed by atoms with Crippen molar-refractivity contribution in [3.63, 3.8) is 0 Å². The highest BCUT2D eigenvalue weighted by molar-refractivity contribution is 6.31. The molecule has 2 aliphatic rings. The van der Waals surface area contributed by atoms with E-state index in [-0.39, 0.29) is 11.1 Å². The van der Waals surface area contributed by atoms with E-state index in [9.17, 15) is 9.18 Å². The van der Waals surface area contributed by atoms with Crippen LogP contribution in [0, 0.1) is 5.82 Å². The number of hydrogen-bond donors (Lipinski definition) is 1. The summed E-state index contributed by atoms with van der Waals surface area (Å²) in [4.78, 5) is 16.6. The fraction of sp³-hybridized carbons (Fsp3) is 0.533. The second-order valence-corrected chi connectivity index (χ2v) is 6.10. The molecule has 0 aromatic heterocycles. The van der Waals surface area contributed by atoms with Gasteiger partial charge in [0.1, 0.15) is 5.82 Å². The van der Waals surface area contributed by atoms with E-state index >= 15 is 0 Å². The number of fused-ring (bicyclic) bond motifs is 1. The van der Waals surface area contributed by atoms with E-state index in [0.717, 1.165) is 32.6 Å². The molecular formula is C15H19ClFN3O. The van der Waals surface area contributed by atoms with Crippen molar-refractivity contribution in [3.8, 4) is 0 Å². The van der Waals surface area contributed by atoms with Gasteiger partial charge in [0.05, 0.1) is 5.02 Å². The number of nitrogens with one attached hydrogen (secondary N) is 1. The van der Waals surface area contributed by atoms with Crippen molar-refractivity contribution in [1.82, 2.24) is 9.80 Å². The molecule has 1 atom stereocenters. The van der Waals surface area contributed by atoms with Crippen LogP contribution < -0.4 is 5.32 Å². The number of carbonyl (C=O) groups is 1. The Labute approximate surface area is 128 Å². The van der Waals surface area contributed by atoms with E-state index in [2.05, 4.69) is 10.2 Å². The molecule has 0 bridgehead atoms. The van der Waals surface area contributed by atoms with E-state index in [1.165, 1.54) is 31.0 Å². The van der Waals surface area contributed by atoms with Crippen LogP contribution in [0.25, 0.3) is 0 Å². The van der Waals surface area contributed by atoms with Gasteiger partial charge in [-0.15, -0.1) is 0 Å². The largest absolute Gasteiger partial charge is 0.322 e. The van der Waals surface area contributed by atoms with Crippen LogP contribution in [-0.4, -0.2) is 48.1 Å². The van der Waals surface area contributed by atoms with Crippen LogP contribution in [0.1, 0.15) is 19.3 Å². The summed E-state index contributed by atoms with van der Waals surface area (Å²) < 4.78 is 13.1. The molecule has 6 heteroatoms. The van der Waals surface area contributed by atoms with Gasteiger partial charge in [-0.1, -0.05) is 18.0 Å².